The van der Waals surface area contributed by atoms with E-state index in [4.69, 9.17) is 4.74 Å². The standard InChI is InChI=1S/C16H21N5O2/c1-20-14(3-5-19-20)16-13(17-6-7-18-16)9-12-4-8-21(10-12)15(22)11-23-2/h3,5-7,12H,4,8-11H2,1-2H3/t12-/m1/s1. The molecule has 1 fully saturated rings. The Kier molecular flexibility index (Phi) is 4.66. The molecule has 0 N–H and O–H groups in total. The van der Waals surface area contributed by atoms with Crippen LogP contribution in [0.5, 0.6) is 0 Å². The predicted molar refractivity (Wildman–Crippen MR) is 84.5 cm³/mol. The Morgan fingerprint density at radius 3 is 2.91 bits per heavy atom. The van der Waals surface area contributed by atoms with E-state index in [-0.39, 0.29) is 12.5 Å². The Labute approximate surface area is 135 Å². The van der Waals surface area contributed by atoms with Crippen LogP contribution in [0.15, 0.2) is 24.7 Å². The van der Waals surface area contributed by atoms with Gasteiger partial charge < -0.3 is 9.64 Å². The number of ether oxygens (including phenoxy) is 1. The molecule has 0 spiro atoms. The lowest BCUT2D eigenvalue weighted by Crippen LogP contribution is -2.31. The largest absolute Gasteiger partial charge is 0.375 e. The Balaban J connectivity index is 1.72. The van der Waals surface area contributed by atoms with Gasteiger partial charge in [0.1, 0.15) is 12.3 Å². The van der Waals surface area contributed by atoms with Crippen LogP contribution >= 0.6 is 0 Å². The highest BCUT2D eigenvalue weighted by atomic mass is 16.5. The van der Waals surface area contributed by atoms with Crippen LogP contribution in [-0.4, -0.2) is 57.4 Å². The molecule has 0 saturated carbocycles. The molecule has 2 aromatic heterocycles. The molecule has 1 saturated heterocycles. The van der Waals surface area contributed by atoms with E-state index < -0.39 is 0 Å². The second-order valence-corrected chi connectivity index (χ2v) is 5.82. The Morgan fingerprint density at radius 1 is 1.35 bits per heavy atom. The average Bonchev–Trinajstić information content (AvgIpc) is 3.17. The Bertz CT molecular complexity index is 685. The van der Waals surface area contributed by atoms with Gasteiger partial charge in [0.2, 0.25) is 5.91 Å². The molecule has 0 unspecified atom stereocenters. The van der Waals surface area contributed by atoms with E-state index in [1.54, 1.807) is 30.4 Å². The van der Waals surface area contributed by atoms with Crippen LogP contribution in [0.4, 0.5) is 0 Å². The summed E-state index contributed by atoms with van der Waals surface area (Å²) >= 11 is 0. The molecule has 7 nitrogen and oxygen atoms in total. The van der Waals surface area contributed by atoms with E-state index in [1.165, 1.54) is 0 Å². The summed E-state index contributed by atoms with van der Waals surface area (Å²) in [5, 5.41) is 4.20. The van der Waals surface area contributed by atoms with Gasteiger partial charge in [0.25, 0.3) is 0 Å². The van der Waals surface area contributed by atoms with E-state index in [9.17, 15) is 4.79 Å². The van der Waals surface area contributed by atoms with Gasteiger partial charge >= 0.3 is 0 Å². The number of likely N-dealkylation sites (tertiary alicyclic amines) is 1. The molecular formula is C16H21N5O2. The number of carbonyl (C=O) groups is 1. The molecule has 0 bridgehead atoms. The zero-order chi connectivity index (χ0) is 16.2. The molecule has 0 aromatic carbocycles. The second-order valence-electron chi connectivity index (χ2n) is 5.82. The first-order valence-corrected chi connectivity index (χ1v) is 7.74. The summed E-state index contributed by atoms with van der Waals surface area (Å²) in [6.45, 7) is 1.69. The molecule has 23 heavy (non-hydrogen) atoms. The van der Waals surface area contributed by atoms with Crippen molar-refractivity contribution < 1.29 is 9.53 Å². The summed E-state index contributed by atoms with van der Waals surface area (Å²) in [4.78, 5) is 22.8. The molecule has 1 amide bonds. The van der Waals surface area contributed by atoms with Gasteiger partial charge in [0, 0.05) is 45.8 Å². The summed E-state index contributed by atoms with van der Waals surface area (Å²) < 4.78 is 6.73. The van der Waals surface area contributed by atoms with Crippen molar-refractivity contribution in [2.24, 2.45) is 13.0 Å². The van der Waals surface area contributed by atoms with Gasteiger partial charge in [-0.2, -0.15) is 5.10 Å². The van der Waals surface area contributed by atoms with Gasteiger partial charge in [-0.3, -0.25) is 19.4 Å². The topological polar surface area (TPSA) is 73.1 Å². The minimum Gasteiger partial charge on any atom is -0.375 e. The molecule has 1 atom stereocenters. The first-order valence-electron chi connectivity index (χ1n) is 7.74. The minimum absolute atomic E-state index is 0.0565. The molecule has 0 aliphatic carbocycles. The van der Waals surface area contributed by atoms with Crippen LogP contribution < -0.4 is 0 Å². The number of amides is 1. The van der Waals surface area contributed by atoms with Gasteiger partial charge in [-0.1, -0.05) is 0 Å². The molecule has 1 aliphatic rings. The number of aryl methyl sites for hydroxylation is 1. The lowest BCUT2D eigenvalue weighted by molar-refractivity contribution is -0.134. The van der Waals surface area contributed by atoms with Crippen LogP contribution in [0, 0.1) is 5.92 Å². The molecule has 7 heteroatoms. The van der Waals surface area contributed by atoms with Crippen molar-refractivity contribution in [1.82, 2.24) is 24.6 Å². The third kappa shape index (κ3) is 3.39. The molecule has 1 aliphatic heterocycles. The number of rotatable bonds is 5. The van der Waals surface area contributed by atoms with Gasteiger partial charge in [-0.05, 0) is 24.8 Å². The maximum Gasteiger partial charge on any atom is 0.248 e. The van der Waals surface area contributed by atoms with Gasteiger partial charge in [-0.15, -0.1) is 0 Å². The van der Waals surface area contributed by atoms with E-state index in [0.29, 0.717) is 5.92 Å². The van der Waals surface area contributed by atoms with Crippen LogP contribution in [-0.2, 0) is 23.0 Å². The number of aromatic nitrogens is 4. The number of nitrogens with zero attached hydrogens (tertiary/aromatic N) is 5. The fourth-order valence-electron chi connectivity index (χ4n) is 3.05. The molecular weight excluding hydrogens is 294 g/mol. The highest BCUT2D eigenvalue weighted by Crippen LogP contribution is 2.25. The first kappa shape index (κ1) is 15.6. The van der Waals surface area contributed by atoms with E-state index >= 15 is 0 Å². The summed E-state index contributed by atoms with van der Waals surface area (Å²) in [5.41, 5.74) is 2.79. The fourth-order valence-corrected chi connectivity index (χ4v) is 3.05. The summed E-state index contributed by atoms with van der Waals surface area (Å²) in [6.07, 6.45) is 6.98. The minimum atomic E-state index is 0.0565. The van der Waals surface area contributed by atoms with Crippen molar-refractivity contribution in [1.29, 1.82) is 0 Å². The van der Waals surface area contributed by atoms with Gasteiger partial charge in [-0.25, -0.2) is 0 Å². The molecule has 3 heterocycles. The quantitative estimate of drug-likeness (QED) is 0.820. The number of methoxy groups -OCH3 is 1. The number of hydrogen-bond donors (Lipinski definition) is 0. The third-order valence-electron chi connectivity index (χ3n) is 4.23. The van der Waals surface area contributed by atoms with E-state index in [1.807, 2.05) is 18.0 Å². The van der Waals surface area contributed by atoms with Gasteiger partial charge in [0.05, 0.1) is 11.4 Å². The zero-order valence-corrected chi connectivity index (χ0v) is 13.5. The fraction of sp³-hybridized carbons (Fsp3) is 0.500. The second kappa shape index (κ2) is 6.87. The summed E-state index contributed by atoms with van der Waals surface area (Å²) in [6, 6.07) is 1.94. The SMILES string of the molecule is COCC(=O)N1CC[C@H](Cc2nccnc2-c2ccnn2C)C1. The maximum absolute atomic E-state index is 11.9. The average molecular weight is 315 g/mol. The smallest absolute Gasteiger partial charge is 0.248 e. The molecule has 0 radical (unpaired) electrons. The third-order valence-corrected chi connectivity index (χ3v) is 4.23. The van der Waals surface area contributed by atoms with E-state index in [0.717, 1.165) is 43.0 Å². The van der Waals surface area contributed by atoms with Crippen LogP contribution in [0.25, 0.3) is 11.4 Å². The molecule has 2 aromatic rings. The van der Waals surface area contributed by atoms with Crippen LogP contribution in [0.1, 0.15) is 12.1 Å². The normalized spacial score (nSPS) is 17.7. The summed E-state index contributed by atoms with van der Waals surface area (Å²) in [7, 11) is 3.44. The van der Waals surface area contributed by atoms with Crippen molar-refractivity contribution in [3.63, 3.8) is 0 Å². The Hall–Kier alpha value is -2.28. The van der Waals surface area contributed by atoms with Crippen LogP contribution in [0.3, 0.4) is 0 Å². The van der Waals surface area contributed by atoms with Crippen molar-refractivity contribution in [2.75, 3.05) is 26.8 Å². The zero-order valence-electron chi connectivity index (χ0n) is 13.5. The highest BCUT2D eigenvalue weighted by Gasteiger charge is 2.27. The maximum atomic E-state index is 11.9. The lowest BCUT2D eigenvalue weighted by atomic mass is 10.0. The van der Waals surface area contributed by atoms with Crippen molar-refractivity contribution in [2.45, 2.75) is 12.8 Å². The van der Waals surface area contributed by atoms with E-state index in [2.05, 4.69) is 15.1 Å². The molecule has 122 valence electrons. The summed E-state index contributed by atoms with van der Waals surface area (Å²) in [5.74, 6) is 0.459. The van der Waals surface area contributed by atoms with Crippen molar-refractivity contribution >= 4 is 5.91 Å². The Morgan fingerprint density at radius 2 is 2.17 bits per heavy atom. The lowest BCUT2D eigenvalue weighted by Gasteiger charge is -2.16. The predicted octanol–water partition coefficient (Wildman–Crippen LogP) is 0.914. The first-order chi connectivity index (χ1) is 11.2. The van der Waals surface area contributed by atoms with Crippen molar-refractivity contribution in [3.8, 4) is 11.4 Å². The van der Waals surface area contributed by atoms with Crippen LogP contribution in [0.2, 0.25) is 0 Å². The number of hydrogen-bond acceptors (Lipinski definition) is 5. The monoisotopic (exact) mass is 315 g/mol. The number of carbonyl (C=O) groups excluding carboxylic acids is 1. The molecule has 3 rings (SSSR count). The van der Waals surface area contributed by atoms with Gasteiger partial charge in [0.15, 0.2) is 0 Å². The highest BCUT2D eigenvalue weighted by molar-refractivity contribution is 5.77. The van der Waals surface area contributed by atoms with Crippen molar-refractivity contribution in [3.05, 3.63) is 30.4 Å².